The second-order valence-corrected chi connectivity index (χ2v) is 12.0. The molecular weight excluding hydrogens is 600 g/mol. The number of carbonyl (C=O) groups is 2. The van der Waals surface area contributed by atoms with Gasteiger partial charge < -0.3 is 10.2 Å². The number of benzene rings is 3. The van der Waals surface area contributed by atoms with Gasteiger partial charge in [-0.2, -0.15) is 0 Å². The van der Waals surface area contributed by atoms with Gasteiger partial charge in [0.1, 0.15) is 18.4 Å². The van der Waals surface area contributed by atoms with Crippen molar-refractivity contribution in [2.24, 2.45) is 0 Å². The van der Waals surface area contributed by atoms with Crippen LogP contribution in [0.3, 0.4) is 0 Å². The zero-order chi connectivity index (χ0) is 29.4. The molecular formula is C28H29Cl3FN3O4S. The molecule has 0 aromatic heterocycles. The zero-order valence-electron chi connectivity index (χ0n) is 21.9. The number of amides is 2. The summed E-state index contributed by atoms with van der Waals surface area (Å²) in [5.41, 5.74) is 0.370. The van der Waals surface area contributed by atoms with Gasteiger partial charge in [0.05, 0.1) is 15.6 Å². The SMILES string of the molecule is CCCCNC(=O)C(C)N(Cc1c(Cl)cccc1Cl)C(=O)CN(c1ccc(F)c(Cl)c1)S(=O)(=O)c1ccccc1. The lowest BCUT2D eigenvalue weighted by atomic mass is 10.1. The van der Waals surface area contributed by atoms with Gasteiger partial charge in [-0.05, 0) is 55.8 Å². The van der Waals surface area contributed by atoms with Crippen LogP contribution in [0.1, 0.15) is 32.3 Å². The van der Waals surface area contributed by atoms with Crippen molar-refractivity contribution >= 4 is 62.3 Å². The number of halogens is 4. The van der Waals surface area contributed by atoms with E-state index < -0.39 is 40.2 Å². The normalized spacial score (nSPS) is 12.1. The van der Waals surface area contributed by atoms with Crippen molar-refractivity contribution in [3.05, 3.63) is 93.2 Å². The largest absolute Gasteiger partial charge is 0.354 e. The predicted octanol–water partition coefficient (Wildman–Crippen LogP) is 6.31. The van der Waals surface area contributed by atoms with Gasteiger partial charge in [0, 0.05) is 28.7 Å². The molecule has 3 aromatic carbocycles. The van der Waals surface area contributed by atoms with Crippen LogP contribution >= 0.6 is 34.8 Å². The van der Waals surface area contributed by atoms with E-state index in [0.717, 1.165) is 29.3 Å². The van der Waals surface area contributed by atoms with Crippen molar-refractivity contribution in [1.82, 2.24) is 10.2 Å². The van der Waals surface area contributed by atoms with Gasteiger partial charge >= 0.3 is 0 Å². The molecule has 3 rings (SSSR count). The first-order valence-corrected chi connectivity index (χ1v) is 15.1. The molecule has 12 heteroatoms. The lowest BCUT2D eigenvalue weighted by molar-refractivity contribution is -0.139. The smallest absolute Gasteiger partial charge is 0.264 e. The first kappa shape index (κ1) is 31.7. The Kier molecular flexibility index (Phi) is 11.2. The van der Waals surface area contributed by atoms with Crippen molar-refractivity contribution in [3.63, 3.8) is 0 Å². The summed E-state index contributed by atoms with van der Waals surface area (Å²) in [5.74, 6) is -1.89. The van der Waals surface area contributed by atoms with E-state index in [0.29, 0.717) is 12.1 Å². The Hall–Kier alpha value is -2.85. The van der Waals surface area contributed by atoms with E-state index in [2.05, 4.69) is 5.32 Å². The molecule has 0 saturated carbocycles. The van der Waals surface area contributed by atoms with Crippen LogP contribution in [0.25, 0.3) is 0 Å². The van der Waals surface area contributed by atoms with Crippen molar-refractivity contribution in [1.29, 1.82) is 0 Å². The van der Waals surface area contributed by atoms with Crippen LogP contribution in [0.5, 0.6) is 0 Å². The second kappa shape index (κ2) is 14.2. The van der Waals surface area contributed by atoms with E-state index in [4.69, 9.17) is 34.8 Å². The molecule has 214 valence electrons. The molecule has 0 fully saturated rings. The number of hydrogen-bond acceptors (Lipinski definition) is 4. The summed E-state index contributed by atoms with van der Waals surface area (Å²) in [5, 5.41) is 3.04. The van der Waals surface area contributed by atoms with Crippen molar-refractivity contribution in [2.75, 3.05) is 17.4 Å². The topological polar surface area (TPSA) is 86.8 Å². The average Bonchev–Trinajstić information content (AvgIpc) is 2.93. The number of nitrogens with one attached hydrogen (secondary N) is 1. The first-order valence-electron chi connectivity index (χ1n) is 12.5. The standard InChI is InChI=1S/C28H29Cl3FN3O4S/c1-3-4-15-33-28(37)19(2)34(17-22-23(29)11-8-12-24(22)30)27(36)18-35(20-13-14-26(32)25(31)16-20)40(38,39)21-9-6-5-7-10-21/h5-14,16,19H,3-4,15,17-18H2,1-2H3,(H,33,37). The Bertz CT molecular complexity index is 1440. The maximum Gasteiger partial charge on any atom is 0.264 e. The van der Waals surface area contributed by atoms with Gasteiger partial charge in [0.25, 0.3) is 10.0 Å². The lowest BCUT2D eigenvalue weighted by Gasteiger charge is -2.32. The van der Waals surface area contributed by atoms with Crippen LogP contribution in [-0.4, -0.2) is 44.3 Å². The second-order valence-electron chi connectivity index (χ2n) is 8.97. The predicted molar refractivity (Wildman–Crippen MR) is 157 cm³/mol. The summed E-state index contributed by atoms with van der Waals surface area (Å²) in [6.45, 7) is 3.05. The van der Waals surface area contributed by atoms with Crippen LogP contribution < -0.4 is 9.62 Å². The summed E-state index contributed by atoms with van der Waals surface area (Å²) < 4.78 is 42.3. The van der Waals surface area contributed by atoms with Crippen LogP contribution in [0.15, 0.2) is 71.6 Å². The molecule has 3 aromatic rings. The average molecular weight is 629 g/mol. The van der Waals surface area contributed by atoms with E-state index in [1.54, 1.807) is 36.4 Å². The monoisotopic (exact) mass is 627 g/mol. The number of anilines is 1. The molecule has 1 unspecified atom stereocenters. The Morgan fingerprint density at radius 2 is 1.60 bits per heavy atom. The highest BCUT2D eigenvalue weighted by Gasteiger charge is 2.33. The van der Waals surface area contributed by atoms with E-state index >= 15 is 0 Å². The van der Waals surface area contributed by atoms with Crippen LogP contribution in [0, 0.1) is 5.82 Å². The number of unbranched alkanes of at least 4 members (excludes halogenated alkanes) is 1. The number of hydrogen-bond donors (Lipinski definition) is 1. The van der Waals surface area contributed by atoms with Crippen LogP contribution in [0.4, 0.5) is 10.1 Å². The molecule has 7 nitrogen and oxygen atoms in total. The summed E-state index contributed by atoms with van der Waals surface area (Å²) in [4.78, 5) is 28.1. The summed E-state index contributed by atoms with van der Waals surface area (Å²) in [6.07, 6.45) is 1.61. The fourth-order valence-electron chi connectivity index (χ4n) is 3.86. The number of carbonyl (C=O) groups excluding carboxylic acids is 2. The number of nitrogens with zero attached hydrogens (tertiary/aromatic N) is 2. The lowest BCUT2D eigenvalue weighted by Crippen LogP contribution is -2.51. The van der Waals surface area contributed by atoms with Crippen LogP contribution in [-0.2, 0) is 26.2 Å². The maximum absolute atomic E-state index is 14.0. The van der Waals surface area contributed by atoms with Gasteiger partial charge in [0.2, 0.25) is 11.8 Å². The maximum atomic E-state index is 14.0. The highest BCUT2D eigenvalue weighted by Crippen LogP contribution is 2.30. The summed E-state index contributed by atoms with van der Waals surface area (Å²) in [7, 11) is -4.31. The molecule has 1 N–H and O–H groups in total. The summed E-state index contributed by atoms with van der Waals surface area (Å²) >= 11 is 18.7. The van der Waals surface area contributed by atoms with E-state index in [-0.39, 0.29) is 32.2 Å². The summed E-state index contributed by atoms with van der Waals surface area (Å²) in [6, 6.07) is 14.7. The molecule has 2 amide bonds. The molecule has 0 radical (unpaired) electrons. The quantitative estimate of drug-likeness (QED) is 0.238. The van der Waals surface area contributed by atoms with Gasteiger partial charge in [-0.15, -0.1) is 0 Å². The molecule has 1 atom stereocenters. The number of sulfonamides is 1. The van der Waals surface area contributed by atoms with E-state index in [9.17, 15) is 22.4 Å². The third-order valence-corrected chi connectivity index (χ3v) is 8.97. The van der Waals surface area contributed by atoms with Crippen molar-refractivity contribution in [2.45, 2.75) is 44.2 Å². The first-order chi connectivity index (χ1) is 19.0. The zero-order valence-corrected chi connectivity index (χ0v) is 25.0. The Morgan fingerprint density at radius 3 is 2.20 bits per heavy atom. The fourth-order valence-corrected chi connectivity index (χ4v) is 5.98. The highest BCUT2D eigenvalue weighted by atomic mass is 35.5. The minimum atomic E-state index is -4.31. The molecule has 40 heavy (non-hydrogen) atoms. The molecule has 0 aliphatic rings. The van der Waals surface area contributed by atoms with Gasteiger partial charge in [-0.3, -0.25) is 13.9 Å². The molecule has 0 spiro atoms. The van der Waals surface area contributed by atoms with Crippen molar-refractivity contribution in [3.8, 4) is 0 Å². The molecule has 0 aliphatic heterocycles. The minimum absolute atomic E-state index is 0.0284. The van der Waals surface area contributed by atoms with E-state index in [1.165, 1.54) is 30.0 Å². The molecule has 0 heterocycles. The van der Waals surface area contributed by atoms with Gasteiger partial charge in [-0.1, -0.05) is 72.4 Å². The van der Waals surface area contributed by atoms with Gasteiger partial charge in [-0.25, -0.2) is 12.8 Å². The molecule has 0 bridgehead atoms. The Labute approximate surface area is 248 Å². The Balaban J connectivity index is 2.05. The number of rotatable bonds is 12. The third kappa shape index (κ3) is 7.66. The minimum Gasteiger partial charge on any atom is -0.354 e. The molecule has 0 saturated heterocycles. The fraction of sp³-hybridized carbons (Fsp3) is 0.286. The van der Waals surface area contributed by atoms with Crippen molar-refractivity contribution < 1.29 is 22.4 Å². The molecule has 0 aliphatic carbocycles. The third-order valence-electron chi connectivity index (χ3n) is 6.19. The van der Waals surface area contributed by atoms with Gasteiger partial charge in [0.15, 0.2) is 0 Å². The highest BCUT2D eigenvalue weighted by molar-refractivity contribution is 7.92. The van der Waals surface area contributed by atoms with Crippen LogP contribution in [0.2, 0.25) is 15.1 Å². The van der Waals surface area contributed by atoms with E-state index in [1.807, 2.05) is 6.92 Å². The Morgan fingerprint density at radius 1 is 0.950 bits per heavy atom.